The molecule has 2 rings (SSSR count). The summed E-state index contributed by atoms with van der Waals surface area (Å²) in [5.41, 5.74) is -0.761. The molecule has 136 valence electrons. The zero-order valence-corrected chi connectivity index (χ0v) is 14.0. The summed E-state index contributed by atoms with van der Waals surface area (Å²) in [6.45, 7) is 4.40. The Morgan fingerprint density at radius 2 is 2.04 bits per heavy atom. The highest BCUT2D eigenvalue weighted by molar-refractivity contribution is 5.91. The summed E-state index contributed by atoms with van der Waals surface area (Å²) in [5.74, 6) is -0.762. The van der Waals surface area contributed by atoms with Crippen molar-refractivity contribution in [2.75, 3.05) is 6.61 Å². The van der Waals surface area contributed by atoms with Crippen LogP contribution < -0.4 is 4.74 Å². The number of benzene rings is 1. The van der Waals surface area contributed by atoms with E-state index < -0.39 is 17.7 Å². The summed E-state index contributed by atoms with van der Waals surface area (Å²) < 4.78 is 50.3. The van der Waals surface area contributed by atoms with Crippen molar-refractivity contribution in [3.8, 4) is 11.6 Å². The van der Waals surface area contributed by atoms with E-state index in [2.05, 4.69) is 5.10 Å². The average molecular weight is 356 g/mol. The number of carbonyl (C=O) groups is 1. The Balaban J connectivity index is 2.30. The Hall–Kier alpha value is -2.51. The van der Waals surface area contributed by atoms with Crippen LogP contribution in [0.15, 0.2) is 30.5 Å². The largest absolute Gasteiger partial charge is 0.462 e. The molecule has 0 fully saturated rings. The number of rotatable bonds is 7. The molecule has 0 aliphatic carbocycles. The van der Waals surface area contributed by atoms with E-state index in [4.69, 9.17) is 9.47 Å². The van der Waals surface area contributed by atoms with Crippen molar-refractivity contribution < 1.29 is 27.4 Å². The molecule has 1 aromatic carbocycles. The van der Waals surface area contributed by atoms with Crippen molar-refractivity contribution >= 4 is 5.97 Å². The third kappa shape index (κ3) is 4.98. The number of esters is 1. The van der Waals surface area contributed by atoms with Gasteiger partial charge in [0, 0.05) is 12.7 Å². The second kappa shape index (κ2) is 8.04. The molecule has 0 unspecified atom stereocenters. The van der Waals surface area contributed by atoms with Gasteiger partial charge in [-0.05, 0) is 31.5 Å². The summed E-state index contributed by atoms with van der Waals surface area (Å²) in [7, 11) is 0. The average Bonchev–Trinajstić information content (AvgIpc) is 2.95. The predicted octanol–water partition coefficient (Wildman–Crippen LogP) is 4.67. The van der Waals surface area contributed by atoms with Gasteiger partial charge in [0.25, 0.3) is 5.88 Å². The highest BCUT2D eigenvalue weighted by Gasteiger charge is 2.31. The predicted molar refractivity (Wildman–Crippen MR) is 84.6 cm³/mol. The molecule has 0 atom stereocenters. The molecule has 1 aromatic heterocycles. The van der Waals surface area contributed by atoms with E-state index in [1.54, 1.807) is 6.92 Å². The fourth-order valence-electron chi connectivity index (χ4n) is 2.11. The number of carbonyl (C=O) groups excluding carboxylic acids is 1. The fraction of sp³-hybridized carbons (Fsp3) is 0.412. The van der Waals surface area contributed by atoms with Crippen LogP contribution in [0.25, 0.3) is 0 Å². The molecule has 0 aliphatic rings. The molecule has 0 spiro atoms. The van der Waals surface area contributed by atoms with Crippen molar-refractivity contribution in [3.05, 3.63) is 41.6 Å². The van der Waals surface area contributed by atoms with Gasteiger partial charge < -0.3 is 9.47 Å². The fourth-order valence-corrected chi connectivity index (χ4v) is 2.11. The maximum absolute atomic E-state index is 12.8. The first kappa shape index (κ1) is 18.8. The lowest BCUT2D eigenvalue weighted by molar-refractivity contribution is -0.137. The molecule has 1 heterocycles. The van der Waals surface area contributed by atoms with Gasteiger partial charge in [-0.1, -0.05) is 19.4 Å². The van der Waals surface area contributed by atoms with Gasteiger partial charge in [-0.15, -0.1) is 5.10 Å². The molecule has 0 amide bonds. The first-order valence-electron chi connectivity index (χ1n) is 7.94. The Morgan fingerprint density at radius 3 is 2.68 bits per heavy atom. The molecular formula is C17H19F3N2O3. The zero-order chi connectivity index (χ0) is 18.4. The molecule has 0 saturated carbocycles. The maximum atomic E-state index is 12.8. The third-order valence-corrected chi connectivity index (χ3v) is 3.34. The summed E-state index contributed by atoms with van der Waals surface area (Å²) in [6.07, 6.45) is -1.23. The lowest BCUT2D eigenvalue weighted by Crippen LogP contribution is -2.06. The highest BCUT2D eigenvalue weighted by Crippen LogP contribution is 2.33. The number of aromatic nitrogens is 2. The number of unbranched alkanes of at least 4 members (excludes halogenated alkanes) is 1. The van der Waals surface area contributed by atoms with Gasteiger partial charge in [-0.3, -0.25) is 4.68 Å². The topological polar surface area (TPSA) is 53.4 Å². The third-order valence-electron chi connectivity index (χ3n) is 3.34. The summed E-state index contributed by atoms with van der Waals surface area (Å²) in [4.78, 5) is 12.0. The lowest BCUT2D eigenvalue weighted by atomic mass is 10.2. The molecule has 0 N–H and O–H groups in total. The summed E-state index contributed by atoms with van der Waals surface area (Å²) in [5, 5.41) is 4.15. The summed E-state index contributed by atoms with van der Waals surface area (Å²) >= 11 is 0. The van der Waals surface area contributed by atoms with Crippen LogP contribution in [0.1, 0.15) is 42.6 Å². The smallest absolute Gasteiger partial charge is 0.416 e. The van der Waals surface area contributed by atoms with Gasteiger partial charge in [-0.2, -0.15) is 13.2 Å². The molecule has 8 heteroatoms. The molecule has 2 aromatic rings. The summed E-state index contributed by atoms with van der Waals surface area (Å²) in [6, 6.07) is 4.41. The molecule has 0 aliphatic heterocycles. The minimum Gasteiger partial charge on any atom is -0.462 e. The van der Waals surface area contributed by atoms with Crippen LogP contribution in [-0.4, -0.2) is 22.4 Å². The van der Waals surface area contributed by atoms with Crippen LogP contribution in [0.4, 0.5) is 13.2 Å². The van der Waals surface area contributed by atoms with E-state index in [0.717, 1.165) is 25.0 Å². The van der Waals surface area contributed by atoms with Crippen LogP contribution in [0.2, 0.25) is 0 Å². The Bertz CT molecular complexity index is 726. The first-order valence-corrected chi connectivity index (χ1v) is 7.94. The van der Waals surface area contributed by atoms with Crippen molar-refractivity contribution in [1.29, 1.82) is 0 Å². The second-order valence-corrected chi connectivity index (χ2v) is 5.31. The van der Waals surface area contributed by atoms with E-state index in [1.165, 1.54) is 23.0 Å². The van der Waals surface area contributed by atoms with Crippen molar-refractivity contribution in [2.45, 2.75) is 39.4 Å². The second-order valence-electron chi connectivity index (χ2n) is 5.31. The van der Waals surface area contributed by atoms with E-state index in [1.807, 2.05) is 6.92 Å². The number of aryl methyl sites for hydroxylation is 1. The van der Waals surface area contributed by atoms with E-state index in [9.17, 15) is 18.0 Å². The van der Waals surface area contributed by atoms with E-state index >= 15 is 0 Å². The number of nitrogens with zero attached hydrogens (tertiary/aromatic N) is 2. The molecule has 0 bridgehead atoms. The minimum absolute atomic E-state index is 0.0545. The Labute approximate surface area is 143 Å². The SMILES string of the molecule is CCCCn1cc(C(=O)OCC)c(Oc2cccc(C(F)(F)F)c2)n1. The van der Waals surface area contributed by atoms with Crippen molar-refractivity contribution in [2.24, 2.45) is 0 Å². The zero-order valence-electron chi connectivity index (χ0n) is 14.0. The molecule has 0 saturated heterocycles. The molecular weight excluding hydrogens is 337 g/mol. The normalized spacial score (nSPS) is 11.4. The van der Waals surface area contributed by atoms with Crippen LogP contribution in [0, 0.1) is 0 Å². The Morgan fingerprint density at radius 1 is 1.28 bits per heavy atom. The van der Waals surface area contributed by atoms with Gasteiger partial charge in [0.1, 0.15) is 11.3 Å². The quantitative estimate of drug-likeness (QED) is 0.677. The van der Waals surface area contributed by atoms with E-state index in [-0.39, 0.29) is 23.8 Å². The standard InChI is InChI=1S/C17H19F3N2O3/c1-3-5-9-22-11-14(16(23)24-4-2)15(21-22)25-13-8-6-7-12(10-13)17(18,19)20/h6-8,10-11H,3-5,9H2,1-2H3. The van der Waals surface area contributed by atoms with Crippen LogP contribution in [0.3, 0.4) is 0 Å². The first-order chi connectivity index (χ1) is 11.8. The van der Waals surface area contributed by atoms with Gasteiger partial charge >= 0.3 is 12.1 Å². The van der Waals surface area contributed by atoms with Crippen molar-refractivity contribution in [3.63, 3.8) is 0 Å². The number of ether oxygens (including phenoxy) is 2. The van der Waals surface area contributed by atoms with Gasteiger partial charge in [0.2, 0.25) is 0 Å². The number of alkyl halides is 3. The number of halogens is 3. The van der Waals surface area contributed by atoms with Gasteiger partial charge in [0.15, 0.2) is 0 Å². The van der Waals surface area contributed by atoms with Crippen LogP contribution in [-0.2, 0) is 17.5 Å². The Kier molecular flexibility index (Phi) is 6.06. The number of hydrogen-bond donors (Lipinski definition) is 0. The highest BCUT2D eigenvalue weighted by atomic mass is 19.4. The minimum atomic E-state index is -4.48. The lowest BCUT2D eigenvalue weighted by Gasteiger charge is -2.09. The molecule has 5 nitrogen and oxygen atoms in total. The van der Waals surface area contributed by atoms with Crippen molar-refractivity contribution in [1.82, 2.24) is 9.78 Å². The molecule has 0 radical (unpaired) electrons. The maximum Gasteiger partial charge on any atom is 0.416 e. The molecule has 25 heavy (non-hydrogen) atoms. The van der Waals surface area contributed by atoms with Gasteiger partial charge in [0.05, 0.1) is 12.2 Å². The van der Waals surface area contributed by atoms with E-state index in [0.29, 0.717) is 6.54 Å². The van der Waals surface area contributed by atoms with Crippen LogP contribution in [0.5, 0.6) is 11.6 Å². The van der Waals surface area contributed by atoms with Gasteiger partial charge in [-0.25, -0.2) is 4.79 Å². The van der Waals surface area contributed by atoms with Crippen LogP contribution >= 0.6 is 0 Å². The monoisotopic (exact) mass is 356 g/mol. The number of hydrogen-bond acceptors (Lipinski definition) is 4.